The fourth-order valence-electron chi connectivity index (χ4n) is 1.56. The molecular weight excluding hydrogens is 298 g/mol. The summed E-state index contributed by atoms with van der Waals surface area (Å²) in [6.45, 7) is 0. The molecule has 9 heteroatoms. The number of aromatic nitrogens is 5. The van der Waals surface area contributed by atoms with Crippen LogP contribution in [0.15, 0.2) is 47.0 Å². The predicted octanol–water partition coefficient (Wildman–Crippen LogP) is 2.07. The Morgan fingerprint density at radius 1 is 1.14 bits per heavy atom. The fourth-order valence-corrected chi connectivity index (χ4v) is 2.31. The summed E-state index contributed by atoms with van der Waals surface area (Å²) in [5.41, 5.74) is 5.62. The van der Waals surface area contributed by atoms with Gasteiger partial charge in [0, 0.05) is 18.5 Å². The molecule has 0 atom stereocenters. The van der Waals surface area contributed by atoms with E-state index in [0.717, 1.165) is 23.9 Å². The molecule has 0 spiro atoms. The molecular formula is C12H8F2N6S. The van der Waals surface area contributed by atoms with Crippen molar-refractivity contribution in [3.05, 3.63) is 48.6 Å². The smallest absolute Gasteiger partial charge is 0.240 e. The molecule has 6 nitrogen and oxygen atoms in total. The van der Waals surface area contributed by atoms with Gasteiger partial charge in [-0.05, 0) is 23.9 Å². The van der Waals surface area contributed by atoms with E-state index in [1.165, 1.54) is 12.4 Å². The van der Waals surface area contributed by atoms with Crippen molar-refractivity contribution in [2.24, 2.45) is 0 Å². The molecule has 0 bridgehead atoms. The van der Waals surface area contributed by atoms with Crippen LogP contribution in [-0.2, 0) is 0 Å². The first-order valence-corrected chi connectivity index (χ1v) is 6.56. The van der Waals surface area contributed by atoms with Crippen molar-refractivity contribution in [2.45, 2.75) is 10.1 Å². The Bertz CT molecular complexity index is 777. The summed E-state index contributed by atoms with van der Waals surface area (Å²) in [6, 6.07) is 3.27. The van der Waals surface area contributed by atoms with Gasteiger partial charge in [-0.15, -0.1) is 0 Å². The van der Waals surface area contributed by atoms with E-state index in [2.05, 4.69) is 19.9 Å². The van der Waals surface area contributed by atoms with E-state index >= 15 is 0 Å². The Morgan fingerprint density at radius 2 is 2.00 bits per heavy atom. The van der Waals surface area contributed by atoms with E-state index in [-0.39, 0.29) is 21.9 Å². The second-order valence-corrected chi connectivity index (χ2v) is 4.93. The van der Waals surface area contributed by atoms with Gasteiger partial charge in [-0.25, -0.2) is 13.8 Å². The van der Waals surface area contributed by atoms with Gasteiger partial charge in [0.15, 0.2) is 5.16 Å². The molecule has 0 aliphatic carbocycles. The third kappa shape index (κ3) is 2.97. The van der Waals surface area contributed by atoms with Gasteiger partial charge in [-0.1, -0.05) is 0 Å². The largest absolute Gasteiger partial charge is 0.368 e. The van der Waals surface area contributed by atoms with Gasteiger partial charge in [0.25, 0.3) is 0 Å². The molecule has 0 amide bonds. The number of hydrogen-bond donors (Lipinski definition) is 1. The lowest BCUT2D eigenvalue weighted by atomic mass is 10.3. The molecule has 3 aromatic rings. The molecule has 21 heavy (non-hydrogen) atoms. The number of imidazole rings is 1. The number of halogens is 2. The highest BCUT2D eigenvalue weighted by molar-refractivity contribution is 7.99. The predicted molar refractivity (Wildman–Crippen MR) is 71.8 cm³/mol. The average molecular weight is 306 g/mol. The quantitative estimate of drug-likeness (QED) is 0.797. The molecule has 0 unspecified atom stereocenters. The van der Waals surface area contributed by atoms with Crippen LogP contribution in [0, 0.1) is 11.6 Å². The van der Waals surface area contributed by atoms with Crippen LogP contribution in [0.3, 0.4) is 0 Å². The van der Waals surface area contributed by atoms with Gasteiger partial charge >= 0.3 is 0 Å². The van der Waals surface area contributed by atoms with Crippen molar-refractivity contribution in [1.82, 2.24) is 24.5 Å². The molecule has 0 fully saturated rings. The van der Waals surface area contributed by atoms with Crippen molar-refractivity contribution in [3.8, 4) is 5.95 Å². The van der Waals surface area contributed by atoms with Gasteiger partial charge in [-0.2, -0.15) is 15.0 Å². The van der Waals surface area contributed by atoms with Crippen molar-refractivity contribution in [1.29, 1.82) is 0 Å². The van der Waals surface area contributed by atoms with E-state index in [1.807, 2.05) is 0 Å². The number of rotatable bonds is 3. The lowest BCUT2D eigenvalue weighted by molar-refractivity contribution is 0.565. The van der Waals surface area contributed by atoms with Gasteiger partial charge < -0.3 is 5.73 Å². The number of benzene rings is 1. The summed E-state index contributed by atoms with van der Waals surface area (Å²) < 4.78 is 28.1. The summed E-state index contributed by atoms with van der Waals surface area (Å²) >= 11 is 0.931. The Hall–Kier alpha value is -2.55. The normalized spacial score (nSPS) is 10.8. The summed E-state index contributed by atoms with van der Waals surface area (Å²) in [4.78, 5) is 16.1. The molecule has 1 aromatic carbocycles. The van der Waals surface area contributed by atoms with Crippen LogP contribution in [0.5, 0.6) is 0 Å². The summed E-state index contributed by atoms with van der Waals surface area (Å²) in [5.74, 6) is -1.07. The molecule has 3 rings (SSSR count). The van der Waals surface area contributed by atoms with Crippen LogP contribution in [0.2, 0.25) is 0 Å². The molecule has 106 valence electrons. The molecule has 2 N–H and O–H groups in total. The number of nitrogen functional groups attached to an aromatic ring is 1. The zero-order valence-electron chi connectivity index (χ0n) is 10.4. The average Bonchev–Trinajstić information content (AvgIpc) is 2.95. The van der Waals surface area contributed by atoms with Crippen LogP contribution in [0.1, 0.15) is 0 Å². The maximum atomic E-state index is 13.6. The second kappa shape index (κ2) is 5.44. The standard InChI is InChI=1S/C12H8F2N6S/c13-7-1-2-9(8(14)5-7)21-12-18-10(15)17-11(19-12)20-4-3-16-6-20/h1-6H,(H2,15,17,18,19). The Morgan fingerprint density at radius 3 is 2.71 bits per heavy atom. The summed E-state index contributed by atoms with van der Waals surface area (Å²) in [5, 5.41) is 0.205. The van der Waals surface area contributed by atoms with E-state index < -0.39 is 11.6 Å². The van der Waals surface area contributed by atoms with E-state index in [9.17, 15) is 8.78 Å². The number of anilines is 1. The minimum absolute atomic E-state index is 0.00119. The van der Waals surface area contributed by atoms with Crippen LogP contribution in [-0.4, -0.2) is 24.5 Å². The maximum Gasteiger partial charge on any atom is 0.240 e. The summed E-state index contributed by atoms with van der Waals surface area (Å²) in [7, 11) is 0. The summed E-state index contributed by atoms with van der Waals surface area (Å²) in [6.07, 6.45) is 4.70. The molecule has 2 heterocycles. The van der Waals surface area contributed by atoms with E-state index in [0.29, 0.717) is 0 Å². The van der Waals surface area contributed by atoms with Crippen LogP contribution < -0.4 is 5.73 Å². The Balaban J connectivity index is 1.95. The number of nitrogens with zero attached hydrogens (tertiary/aromatic N) is 5. The lowest BCUT2D eigenvalue weighted by Crippen LogP contribution is -2.06. The minimum atomic E-state index is -0.692. The van der Waals surface area contributed by atoms with Gasteiger partial charge in [-0.3, -0.25) is 4.57 Å². The highest BCUT2D eigenvalue weighted by Gasteiger charge is 2.11. The molecule has 0 aliphatic rings. The SMILES string of the molecule is Nc1nc(Sc2ccc(F)cc2F)nc(-n2ccnc2)n1. The molecule has 0 radical (unpaired) electrons. The van der Waals surface area contributed by atoms with Crippen molar-refractivity contribution in [2.75, 3.05) is 5.73 Å². The van der Waals surface area contributed by atoms with Crippen molar-refractivity contribution < 1.29 is 8.78 Å². The number of nitrogens with two attached hydrogens (primary N) is 1. The third-order valence-corrected chi connectivity index (χ3v) is 3.37. The lowest BCUT2D eigenvalue weighted by Gasteiger charge is -2.05. The van der Waals surface area contributed by atoms with Gasteiger partial charge in [0.1, 0.15) is 18.0 Å². The van der Waals surface area contributed by atoms with E-state index in [1.54, 1.807) is 17.0 Å². The third-order valence-electron chi connectivity index (χ3n) is 2.45. The molecule has 0 aliphatic heterocycles. The zero-order chi connectivity index (χ0) is 14.8. The van der Waals surface area contributed by atoms with Crippen LogP contribution in [0.25, 0.3) is 5.95 Å². The van der Waals surface area contributed by atoms with E-state index in [4.69, 9.17) is 5.73 Å². The fraction of sp³-hybridized carbons (Fsp3) is 0. The highest BCUT2D eigenvalue weighted by Crippen LogP contribution is 2.28. The second-order valence-electron chi connectivity index (χ2n) is 3.92. The molecule has 0 saturated heterocycles. The van der Waals surface area contributed by atoms with Crippen molar-refractivity contribution in [3.63, 3.8) is 0 Å². The first-order valence-electron chi connectivity index (χ1n) is 5.74. The maximum absolute atomic E-state index is 13.6. The minimum Gasteiger partial charge on any atom is -0.368 e. The van der Waals surface area contributed by atoms with Crippen LogP contribution >= 0.6 is 11.8 Å². The Labute approximate surface area is 122 Å². The first kappa shape index (κ1) is 13.4. The van der Waals surface area contributed by atoms with Gasteiger partial charge in [0.05, 0.1) is 4.90 Å². The monoisotopic (exact) mass is 306 g/mol. The first-order chi connectivity index (χ1) is 10.1. The van der Waals surface area contributed by atoms with Gasteiger partial charge in [0.2, 0.25) is 11.9 Å². The number of hydrogen-bond acceptors (Lipinski definition) is 6. The molecule has 0 saturated carbocycles. The Kier molecular flexibility index (Phi) is 3.48. The zero-order valence-corrected chi connectivity index (χ0v) is 11.3. The highest BCUT2D eigenvalue weighted by atomic mass is 32.2. The molecule has 2 aromatic heterocycles. The van der Waals surface area contributed by atoms with Crippen LogP contribution in [0.4, 0.5) is 14.7 Å². The topological polar surface area (TPSA) is 82.5 Å². The van der Waals surface area contributed by atoms with Crippen molar-refractivity contribution >= 4 is 17.7 Å².